The summed E-state index contributed by atoms with van der Waals surface area (Å²) in [5.41, 5.74) is 7.41. The van der Waals surface area contributed by atoms with E-state index in [0.717, 1.165) is 11.1 Å². The number of benzene rings is 2. The molecule has 29 heavy (non-hydrogen) atoms. The van der Waals surface area contributed by atoms with Crippen LogP contribution in [0.15, 0.2) is 48.5 Å². The fourth-order valence-corrected chi connectivity index (χ4v) is 3.18. The number of rotatable bonds is 6. The van der Waals surface area contributed by atoms with E-state index >= 15 is 0 Å². The van der Waals surface area contributed by atoms with Gasteiger partial charge in [0, 0.05) is 25.1 Å². The molecule has 0 aliphatic carbocycles. The van der Waals surface area contributed by atoms with Gasteiger partial charge in [0.25, 0.3) is 5.91 Å². The lowest BCUT2D eigenvalue weighted by Crippen LogP contribution is -2.45. The van der Waals surface area contributed by atoms with E-state index in [4.69, 9.17) is 4.74 Å². The van der Waals surface area contributed by atoms with Crippen molar-refractivity contribution in [3.05, 3.63) is 65.2 Å². The summed E-state index contributed by atoms with van der Waals surface area (Å²) in [7, 11) is 0. The van der Waals surface area contributed by atoms with Crippen LogP contribution >= 0.6 is 0 Å². The number of hydrazine groups is 1. The van der Waals surface area contributed by atoms with Crippen LogP contribution in [0.3, 0.4) is 0 Å². The second-order valence-corrected chi connectivity index (χ2v) is 7.06. The predicted octanol–water partition coefficient (Wildman–Crippen LogP) is 2.20. The first-order chi connectivity index (χ1) is 14.0. The summed E-state index contributed by atoms with van der Waals surface area (Å²) < 4.78 is 5.34. The topological polar surface area (TPSA) is 87.7 Å². The Hall–Kier alpha value is -3.35. The highest BCUT2D eigenvalue weighted by Gasteiger charge is 2.34. The van der Waals surface area contributed by atoms with Crippen LogP contribution in [0, 0.1) is 12.8 Å². The minimum atomic E-state index is -0.492. The molecule has 0 spiro atoms. The van der Waals surface area contributed by atoms with Crippen LogP contribution in [0.2, 0.25) is 0 Å². The van der Waals surface area contributed by atoms with Crippen LogP contribution in [0.1, 0.15) is 34.8 Å². The molecule has 7 heteroatoms. The zero-order valence-corrected chi connectivity index (χ0v) is 16.6. The maximum absolute atomic E-state index is 12.4. The first-order valence-electron chi connectivity index (χ1n) is 9.62. The van der Waals surface area contributed by atoms with E-state index in [-0.39, 0.29) is 18.2 Å². The summed E-state index contributed by atoms with van der Waals surface area (Å²) in [6.45, 7) is 5.24. The largest absolute Gasteiger partial charge is 0.494 e. The first-order valence-corrected chi connectivity index (χ1v) is 9.62. The van der Waals surface area contributed by atoms with Gasteiger partial charge in [-0.15, -0.1) is 0 Å². The second-order valence-electron chi connectivity index (χ2n) is 7.06. The summed E-state index contributed by atoms with van der Waals surface area (Å²) in [6, 6.07) is 14.6. The average molecular weight is 395 g/mol. The van der Waals surface area contributed by atoms with Crippen molar-refractivity contribution in [2.75, 3.05) is 13.2 Å². The predicted molar refractivity (Wildman–Crippen MR) is 108 cm³/mol. The molecule has 0 bridgehead atoms. The summed E-state index contributed by atoms with van der Waals surface area (Å²) in [5, 5.41) is 0. The van der Waals surface area contributed by atoms with Crippen LogP contribution < -0.4 is 15.6 Å². The molecule has 0 saturated carbocycles. The molecule has 1 saturated heterocycles. The van der Waals surface area contributed by atoms with Crippen molar-refractivity contribution in [2.45, 2.75) is 26.8 Å². The third-order valence-electron chi connectivity index (χ3n) is 4.81. The van der Waals surface area contributed by atoms with E-state index < -0.39 is 11.8 Å². The van der Waals surface area contributed by atoms with Gasteiger partial charge in [0.05, 0.1) is 12.5 Å². The van der Waals surface area contributed by atoms with Gasteiger partial charge in [-0.25, -0.2) is 0 Å². The van der Waals surface area contributed by atoms with E-state index in [1.807, 2.05) is 38.1 Å². The highest BCUT2D eigenvalue weighted by atomic mass is 16.5. The van der Waals surface area contributed by atoms with E-state index in [2.05, 4.69) is 10.9 Å². The lowest BCUT2D eigenvalue weighted by atomic mass is 10.1. The van der Waals surface area contributed by atoms with Crippen LogP contribution in [-0.4, -0.2) is 35.8 Å². The number of hydrogen-bond donors (Lipinski definition) is 2. The van der Waals surface area contributed by atoms with Gasteiger partial charge in [0.2, 0.25) is 11.8 Å². The summed E-state index contributed by atoms with van der Waals surface area (Å²) in [6.07, 6.45) is 0.136. The van der Waals surface area contributed by atoms with Crippen molar-refractivity contribution < 1.29 is 19.1 Å². The molecule has 0 radical (unpaired) electrons. The number of carbonyl (C=O) groups is 3. The molecule has 2 aromatic carbocycles. The molecule has 152 valence electrons. The molecule has 3 rings (SSSR count). The average Bonchev–Trinajstić information content (AvgIpc) is 3.09. The monoisotopic (exact) mass is 395 g/mol. The van der Waals surface area contributed by atoms with Gasteiger partial charge in [-0.05, 0) is 43.7 Å². The molecular formula is C22H25N3O4. The van der Waals surface area contributed by atoms with E-state index in [9.17, 15) is 14.4 Å². The van der Waals surface area contributed by atoms with Crippen molar-refractivity contribution in [2.24, 2.45) is 5.92 Å². The molecule has 3 amide bonds. The third kappa shape index (κ3) is 5.34. The number of amides is 3. The quantitative estimate of drug-likeness (QED) is 0.734. The third-order valence-corrected chi connectivity index (χ3v) is 4.81. The Kier molecular flexibility index (Phi) is 6.49. The fraction of sp³-hybridized carbons (Fsp3) is 0.318. The number of ether oxygens (including phenoxy) is 1. The highest BCUT2D eigenvalue weighted by Crippen LogP contribution is 2.20. The minimum absolute atomic E-state index is 0.0661. The second kappa shape index (κ2) is 9.23. The molecule has 1 atom stereocenters. The standard InChI is InChI=1S/C22H25N3O4/c1-3-29-19-10-8-17(9-11-19)21(27)23-24-22(28)18-12-20(26)25(14-18)13-16-6-4-15(2)5-7-16/h4-11,18H,3,12-14H2,1-2H3,(H,23,27)(H,24,28). The molecule has 7 nitrogen and oxygen atoms in total. The summed E-state index contributed by atoms with van der Waals surface area (Å²) in [4.78, 5) is 38.5. The number of hydrogen-bond acceptors (Lipinski definition) is 4. The van der Waals surface area contributed by atoms with Crippen molar-refractivity contribution in [1.29, 1.82) is 0 Å². The van der Waals surface area contributed by atoms with Crippen LogP contribution in [0.5, 0.6) is 5.75 Å². The Bertz CT molecular complexity index is 878. The van der Waals surface area contributed by atoms with E-state index in [1.54, 1.807) is 29.2 Å². The van der Waals surface area contributed by atoms with Gasteiger partial charge >= 0.3 is 0 Å². The van der Waals surface area contributed by atoms with E-state index in [1.165, 1.54) is 0 Å². The number of nitrogens with one attached hydrogen (secondary N) is 2. The number of likely N-dealkylation sites (tertiary alicyclic amines) is 1. The molecular weight excluding hydrogens is 370 g/mol. The number of nitrogens with zero attached hydrogens (tertiary/aromatic N) is 1. The molecule has 2 aromatic rings. The van der Waals surface area contributed by atoms with Crippen LogP contribution in [0.4, 0.5) is 0 Å². The van der Waals surface area contributed by atoms with Crippen LogP contribution in [0.25, 0.3) is 0 Å². The van der Waals surface area contributed by atoms with Crippen molar-refractivity contribution in [3.63, 3.8) is 0 Å². The Labute approximate surface area is 170 Å². The van der Waals surface area contributed by atoms with E-state index in [0.29, 0.717) is 31.0 Å². The van der Waals surface area contributed by atoms with Gasteiger partial charge in [-0.2, -0.15) is 0 Å². The lowest BCUT2D eigenvalue weighted by Gasteiger charge is -2.17. The SMILES string of the molecule is CCOc1ccc(C(=O)NNC(=O)C2CC(=O)N(Cc3ccc(C)cc3)C2)cc1. The van der Waals surface area contributed by atoms with Crippen molar-refractivity contribution in [1.82, 2.24) is 15.8 Å². The molecule has 1 unspecified atom stereocenters. The van der Waals surface area contributed by atoms with Gasteiger partial charge in [0.1, 0.15) is 5.75 Å². The Morgan fingerprint density at radius 3 is 2.41 bits per heavy atom. The van der Waals surface area contributed by atoms with Gasteiger partial charge < -0.3 is 9.64 Å². The summed E-state index contributed by atoms with van der Waals surface area (Å²) >= 11 is 0. The first kappa shape index (κ1) is 20.4. The highest BCUT2D eigenvalue weighted by molar-refractivity contribution is 5.96. The molecule has 2 N–H and O–H groups in total. The Morgan fingerprint density at radius 1 is 1.07 bits per heavy atom. The zero-order valence-electron chi connectivity index (χ0n) is 16.6. The minimum Gasteiger partial charge on any atom is -0.494 e. The maximum atomic E-state index is 12.4. The van der Waals surface area contributed by atoms with Crippen molar-refractivity contribution in [3.8, 4) is 5.75 Å². The normalized spacial score (nSPS) is 15.9. The van der Waals surface area contributed by atoms with Gasteiger partial charge in [-0.3, -0.25) is 25.2 Å². The number of aryl methyl sites for hydroxylation is 1. The van der Waals surface area contributed by atoms with Gasteiger partial charge in [-0.1, -0.05) is 29.8 Å². The summed E-state index contributed by atoms with van der Waals surface area (Å²) in [5.74, 6) is -0.686. The van der Waals surface area contributed by atoms with Crippen molar-refractivity contribution >= 4 is 17.7 Å². The maximum Gasteiger partial charge on any atom is 0.269 e. The molecule has 1 heterocycles. The fourth-order valence-electron chi connectivity index (χ4n) is 3.18. The smallest absolute Gasteiger partial charge is 0.269 e. The molecule has 0 aromatic heterocycles. The Balaban J connectivity index is 1.49. The Morgan fingerprint density at radius 2 is 1.76 bits per heavy atom. The lowest BCUT2D eigenvalue weighted by molar-refractivity contribution is -0.129. The molecule has 1 fully saturated rings. The number of carbonyl (C=O) groups excluding carboxylic acids is 3. The van der Waals surface area contributed by atoms with Gasteiger partial charge in [0.15, 0.2) is 0 Å². The molecule has 1 aliphatic rings. The molecule has 1 aliphatic heterocycles. The van der Waals surface area contributed by atoms with Crippen LogP contribution in [-0.2, 0) is 16.1 Å². The zero-order chi connectivity index (χ0) is 20.8.